The summed E-state index contributed by atoms with van der Waals surface area (Å²) in [7, 11) is 0. The molecule has 1 aromatic carbocycles. The fourth-order valence-corrected chi connectivity index (χ4v) is 1.70. The first-order valence-corrected chi connectivity index (χ1v) is 5.54. The van der Waals surface area contributed by atoms with Crippen molar-refractivity contribution in [3.05, 3.63) is 23.8 Å². The Kier molecular flexibility index (Phi) is 5.55. The van der Waals surface area contributed by atoms with Crippen LogP contribution in [-0.2, 0) is 6.42 Å². The van der Waals surface area contributed by atoms with Gasteiger partial charge in [-0.3, -0.25) is 0 Å². The minimum absolute atomic E-state index is 0. The molecule has 0 aliphatic carbocycles. The smallest absolute Gasteiger partial charge is 0.161 e. The highest BCUT2D eigenvalue weighted by atomic mass is 35.5. The quantitative estimate of drug-likeness (QED) is 0.854. The van der Waals surface area contributed by atoms with Crippen LogP contribution in [0.2, 0.25) is 0 Å². The fourth-order valence-electron chi connectivity index (χ4n) is 1.70. The average Bonchev–Trinajstić information content (AvgIpc) is 2.53. The van der Waals surface area contributed by atoms with Crippen molar-refractivity contribution < 1.29 is 14.6 Å². The SMILES string of the molecule is Cl.NC(CO)Cc1ccc2c(c1)OCCCO2. The summed E-state index contributed by atoms with van der Waals surface area (Å²) in [5, 5.41) is 8.90. The molecule has 3 N–H and O–H groups in total. The molecule has 17 heavy (non-hydrogen) atoms. The molecule has 0 saturated heterocycles. The van der Waals surface area contributed by atoms with Crippen molar-refractivity contribution in [3.63, 3.8) is 0 Å². The van der Waals surface area contributed by atoms with Gasteiger partial charge in [-0.2, -0.15) is 0 Å². The maximum atomic E-state index is 8.90. The van der Waals surface area contributed by atoms with E-state index in [1.54, 1.807) is 0 Å². The molecular formula is C12H18ClNO3. The minimum atomic E-state index is -0.218. The molecule has 1 heterocycles. The molecule has 1 aromatic rings. The van der Waals surface area contributed by atoms with Crippen molar-refractivity contribution in [1.82, 2.24) is 0 Å². The summed E-state index contributed by atoms with van der Waals surface area (Å²) in [6, 6.07) is 5.59. The second-order valence-electron chi connectivity index (χ2n) is 3.98. The lowest BCUT2D eigenvalue weighted by atomic mass is 10.1. The van der Waals surface area contributed by atoms with Crippen molar-refractivity contribution in [2.45, 2.75) is 18.9 Å². The minimum Gasteiger partial charge on any atom is -0.490 e. The molecule has 0 bridgehead atoms. The fraction of sp³-hybridized carbons (Fsp3) is 0.500. The predicted molar refractivity (Wildman–Crippen MR) is 68.1 cm³/mol. The van der Waals surface area contributed by atoms with E-state index in [-0.39, 0.29) is 25.1 Å². The number of fused-ring (bicyclic) bond motifs is 1. The summed E-state index contributed by atoms with van der Waals surface area (Å²) >= 11 is 0. The van der Waals surface area contributed by atoms with Crippen molar-refractivity contribution in [3.8, 4) is 11.5 Å². The number of hydrogen-bond donors (Lipinski definition) is 2. The summed E-state index contributed by atoms with van der Waals surface area (Å²) in [5.74, 6) is 1.57. The number of hydrogen-bond acceptors (Lipinski definition) is 4. The standard InChI is InChI=1S/C12H17NO3.ClH/c13-10(8-14)6-9-2-3-11-12(7-9)16-5-1-4-15-11;/h2-3,7,10,14H,1,4-6,8,13H2;1H. The van der Waals surface area contributed by atoms with Crippen LogP contribution in [0.4, 0.5) is 0 Å². The zero-order valence-corrected chi connectivity index (χ0v) is 10.4. The van der Waals surface area contributed by atoms with Crippen molar-refractivity contribution in [2.75, 3.05) is 19.8 Å². The molecule has 4 nitrogen and oxygen atoms in total. The highest BCUT2D eigenvalue weighted by Crippen LogP contribution is 2.30. The third-order valence-corrected chi connectivity index (χ3v) is 2.54. The third-order valence-electron chi connectivity index (χ3n) is 2.54. The lowest BCUT2D eigenvalue weighted by Crippen LogP contribution is -2.26. The largest absolute Gasteiger partial charge is 0.490 e. The van der Waals surface area contributed by atoms with E-state index in [9.17, 15) is 0 Å². The molecule has 0 saturated carbocycles. The first-order chi connectivity index (χ1) is 7.79. The molecule has 1 unspecified atom stereocenters. The molecule has 0 aromatic heterocycles. The Morgan fingerprint density at radius 1 is 1.24 bits per heavy atom. The topological polar surface area (TPSA) is 64.7 Å². The van der Waals surface area contributed by atoms with E-state index in [2.05, 4.69) is 0 Å². The van der Waals surface area contributed by atoms with Crippen molar-refractivity contribution in [2.24, 2.45) is 5.73 Å². The van der Waals surface area contributed by atoms with E-state index >= 15 is 0 Å². The first kappa shape index (κ1) is 14.1. The maximum Gasteiger partial charge on any atom is 0.161 e. The van der Waals surface area contributed by atoms with Gasteiger partial charge in [-0.05, 0) is 24.1 Å². The van der Waals surface area contributed by atoms with Gasteiger partial charge in [-0.15, -0.1) is 12.4 Å². The first-order valence-electron chi connectivity index (χ1n) is 5.54. The zero-order chi connectivity index (χ0) is 11.4. The Morgan fingerprint density at radius 2 is 1.94 bits per heavy atom. The second-order valence-corrected chi connectivity index (χ2v) is 3.98. The predicted octanol–water partition coefficient (Wildman–Crippen LogP) is 1.13. The van der Waals surface area contributed by atoms with Crippen LogP contribution in [0.1, 0.15) is 12.0 Å². The molecule has 96 valence electrons. The normalized spacial score (nSPS) is 15.6. The third kappa shape index (κ3) is 3.77. The van der Waals surface area contributed by atoms with Crippen LogP contribution >= 0.6 is 12.4 Å². The number of benzene rings is 1. The Morgan fingerprint density at radius 3 is 2.65 bits per heavy atom. The van der Waals surface area contributed by atoms with Gasteiger partial charge in [0.05, 0.1) is 19.8 Å². The number of rotatable bonds is 3. The average molecular weight is 260 g/mol. The van der Waals surface area contributed by atoms with Gasteiger partial charge in [-0.1, -0.05) is 6.07 Å². The van der Waals surface area contributed by atoms with E-state index < -0.39 is 0 Å². The van der Waals surface area contributed by atoms with E-state index in [1.807, 2.05) is 18.2 Å². The number of aliphatic hydroxyl groups excluding tert-OH is 1. The van der Waals surface area contributed by atoms with Crippen LogP contribution in [0.3, 0.4) is 0 Å². The molecule has 1 aliphatic rings. The van der Waals surface area contributed by atoms with Crippen LogP contribution in [-0.4, -0.2) is 31.0 Å². The number of aliphatic hydroxyl groups is 1. The van der Waals surface area contributed by atoms with Crippen molar-refractivity contribution >= 4 is 12.4 Å². The highest BCUT2D eigenvalue weighted by Gasteiger charge is 2.11. The van der Waals surface area contributed by atoms with Crippen LogP contribution in [0.15, 0.2) is 18.2 Å². The molecule has 1 atom stereocenters. The van der Waals surface area contributed by atoms with Crippen LogP contribution in [0, 0.1) is 0 Å². The molecule has 5 heteroatoms. The van der Waals surface area contributed by atoms with Crippen LogP contribution < -0.4 is 15.2 Å². The second kappa shape index (κ2) is 6.69. The van der Waals surface area contributed by atoms with Crippen LogP contribution in [0.25, 0.3) is 0 Å². The Balaban J connectivity index is 0.00000144. The monoisotopic (exact) mass is 259 g/mol. The molecule has 0 radical (unpaired) electrons. The van der Waals surface area contributed by atoms with Gasteiger partial charge in [0, 0.05) is 12.5 Å². The van der Waals surface area contributed by atoms with Gasteiger partial charge in [0.15, 0.2) is 11.5 Å². The molecule has 0 fully saturated rings. The lowest BCUT2D eigenvalue weighted by Gasteiger charge is -2.11. The summed E-state index contributed by atoms with van der Waals surface area (Å²) in [6.07, 6.45) is 1.55. The van der Waals surface area contributed by atoms with Crippen molar-refractivity contribution in [1.29, 1.82) is 0 Å². The zero-order valence-electron chi connectivity index (χ0n) is 9.59. The van der Waals surface area contributed by atoms with Gasteiger partial charge in [0.1, 0.15) is 0 Å². The molecule has 2 rings (SSSR count). The van der Waals surface area contributed by atoms with E-state index in [0.29, 0.717) is 19.6 Å². The molecular weight excluding hydrogens is 242 g/mol. The van der Waals surface area contributed by atoms with E-state index in [0.717, 1.165) is 23.5 Å². The Bertz CT molecular complexity index is 360. The Labute approximate surface area is 107 Å². The summed E-state index contributed by atoms with van der Waals surface area (Å²) in [4.78, 5) is 0. The van der Waals surface area contributed by atoms with E-state index in [4.69, 9.17) is 20.3 Å². The summed E-state index contributed by atoms with van der Waals surface area (Å²) in [6.45, 7) is 1.37. The number of ether oxygens (including phenoxy) is 2. The molecule has 0 spiro atoms. The molecule has 0 amide bonds. The number of nitrogens with two attached hydrogens (primary N) is 1. The number of halogens is 1. The summed E-state index contributed by atoms with van der Waals surface area (Å²) in [5.41, 5.74) is 6.75. The molecule has 1 aliphatic heterocycles. The van der Waals surface area contributed by atoms with Crippen LogP contribution in [0.5, 0.6) is 11.5 Å². The van der Waals surface area contributed by atoms with Gasteiger partial charge in [0.2, 0.25) is 0 Å². The van der Waals surface area contributed by atoms with Gasteiger partial charge in [0.25, 0.3) is 0 Å². The Hall–Kier alpha value is -0.970. The van der Waals surface area contributed by atoms with Gasteiger partial charge in [-0.25, -0.2) is 0 Å². The van der Waals surface area contributed by atoms with E-state index in [1.165, 1.54) is 0 Å². The lowest BCUT2D eigenvalue weighted by molar-refractivity contribution is 0.265. The summed E-state index contributed by atoms with van der Waals surface area (Å²) < 4.78 is 11.1. The van der Waals surface area contributed by atoms with Gasteiger partial charge < -0.3 is 20.3 Å². The highest BCUT2D eigenvalue weighted by molar-refractivity contribution is 5.85. The van der Waals surface area contributed by atoms with Gasteiger partial charge >= 0.3 is 0 Å². The maximum absolute atomic E-state index is 8.90.